The van der Waals surface area contributed by atoms with Crippen molar-refractivity contribution in [1.29, 1.82) is 0 Å². The molecule has 0 aromatic carbocycles. The molecule has 2 aromatic rings. The minimum absolute atomic E-state index is 0.517. The first-order chi connectivity index (χ1) is 10.7. The molecule has 0 spiro atoms. The van der Waals surface area contributed by atoms with Crippen molar-refractivity contribution in [2.45, 2.75) is 19.9 Å². The van der Waals surface area contributed by atoms with Crippen LogP contribution < -0.4 is 10.6 Å². The van der Waals surface area contributed by atoms with Crippen LogP contribution in [-0.4, -0.2) is 40.9 Å². The van der Waals surface area contributed by atoms with Crippen LogP contribution in [0.4, 0.5) is 0 Å². The van der Waals surface area contributed by atoms with E-state index in [1.807, 2.05) is 30.1 Å². The van der Waals surface area contributed by atoms with E-state index in [0.29, 0.717) is 5.15 Å². The average Bonchev–Trinajstić information content (AvgIpc) is 2.93. The number of pyridine rings is 1. The average molecular weight is 321 g/mol. The molecular weight excluding hydrogens is 300 g/mol. The van der Waals surface area contributed by atoms with Crippen molar-refractivity contribution in [3.8, 4) is 0 Å². The van der Waals surface area contributed by atoms with Gasteiger partial charge in [-0.05, 0) is 30.5 Å². The first kappa shape index (κ1) is 16.3. The van der Waals surface area contributed by atoms with Crippen LogP contribution in [0.25, 0.3) is 0 Å². The van der Waals surface area contributed by atoms with Gasteiger partial charge >= 0.3 is 0 Å². The summed E-state index contributed by atoms with van der Waals surface area (Å²) in [5.74, 6) is 0.783. The summed E-state index contributed by atoms with van der Waals surface area (Å²) >= 11 is 5.76. The molecule has 0 aliphatic heterocycles. The lowest BCUT2D eigenvalue weighted by Gasteiger charge is -2.11. The predicted octanol–water partition coefficient (Wildman–Crippen LogP) is 1.65. The number of guanidine groups is 1. The highest BCUT2D eigenvalue weighted by atomic mass is 35.5. The van der Waals surface area contributed by atoms with Crippen LogP contribution in [0.1, 0.15) is 11.1 Å². The lowest BCUT2D eigenvalue weighted by Crippen LogP contribution is -2.39. The molecule has 0 aliphatic carbocycles. The molecule has 7 heteroatoms. The molecule has 0 radical (unpaired) electrons. The summed E-state index contributed by atoms with van der Waals surface area (Å²) in [5, 5.41) is 11.3. The number of aliphatic imine (C=N–C) groups is 1. The predicted molar refractivity (Wildman–Crippen MR) is 89.3 cm³/mol. The molecule has 0 fully saturated rings. The number of nitrogens with zero attached hydrogens (tertiary/aromatic N) is 4. The Bertz CT molecular complexity index is 605. The maximum absolute atomic E-state index is 5.76. The number of hydrogen-bond acceptors (Lipinski definition) is 3. The van der Waals surface area contributed by atoms with Crippen molar-refractivity contribution in [3.05, 3.63) is 47.0 Å². The van der Waals surface area contributed by atoms with E-state index < -0.39 is 0 Å². The van der Waals surface area contributed by atoms with Gasteiger partial charge in [0.25, 0.3) is 0 Å². The van der Waals surface area contributed by atoms with Gasteiger partial charge < -0.3 is 10.6 Å². The third kappa shape index (κ3) is 5.37. The zero-order chi connectivity index (χ0) is 15.8. The van der Waals surface area contributed by atoms with Gasteiger partial charge in [0.15, 0.2) is 5.96 Å². The van der Waals surface area contributed by atoms with Gasteiger partial charge in [0.05, 0.1) is 12.7 Å². The fraction of sp³-hybridized carbons (Fsp3) is 0.400. The molecule has 2 rings (SSSR count). The van der Waals surface area contributed by atoms with Crippen molar-refractivity contribution in [2.75, 3.05) is 20.1 Å². The Labute approximate surface area is 135 Å². The van der Waals surface area contributed by atoms with Crippen LogP contribution in [0.2, 0.25) is 5.15 Å². The SMILES string of the molecule is CN=C(NCCc1ccc(Cl)nc1)NCCn1cc(C)cn1. The van der Waals surface area contributed by atoms with E-state index in [1.54, 1.807) is 19.3 Å². The van der Waals surface area contributed by atoms with Crippen LogP contribution in [0.3, 0.4) is 0 Å². The molecule has 6 nitrogen and oxygen atoms in total. The maximum atomic E-state index is 5.76. The van der Waals surface area contributed by atoms with Crippen molar-refractivity contribution in [1.82, 2.24) is 25.4 Å². The molecule has 0 aliphatic rings. The largest absolute Gasteiger partial charge is 0.356 e. The second-order valence-electron chi connectivity index (χ2n) is 4.95. The second kappa shape index (κ2) is 8.38. The fourth-order valence-corrected chi connectivity index (χ4v) is 2.09. The van der Waals surface area contributed by atoms with Gasteiger partial charge in [-0.3, -0.25) is 9.67 Å². The number of hydrogen-bond donors (Lipinski definition) is 2. The lowest BCUT2D eigenvalue weighted by molar-refractivity contribution is 0.597. The molecule has 0 unspecified atom stereocenters. The monoisotopic (exact) mass is 320 g/mol. The minimum atomic E-state index is 0.517. The summed E-state index contributed by atoms with van der Waals surface area (Å²) in [6, 6.07) is 3.78. The van der Waals surface area contributed by atoms with Crippen LogP contribution in [0.5, 0.6) is 0 Å². The van der Waals surface area contributed by atoms with Gasteiger partial charge in [0.2, 0.25) is 0 Å². The van der Waals surface area contributed by atoms with Crippen LogP contribution >= 0.6 is 11.6 Å². The van der Waals surface area contributed by atoms with Gasteiger partial charge in [-0.2, -0.15) is 5.10 Å². The van der Waals surface area contributed by atoms with E-state index in [9.17, 15) is 0 Å². The van der Waals surface area contributed by atoms with Crippen molar-refractivity contribution in [3.63, 3.8) is 0 Å². The van der Waals surface area contributed by atoms with E-state index in [4.69, 9.17) is 11.6 Å². The van der Waals surface area contributed by atoms with Crippen molar-refractivity contribution in [2.24, 2.45) is 4.99 Å². The Hall–Kier alpha value is -2.08. The summed E-state index contributed by atoms with van der Waals surface area (Å²) < 4.78 is 1.91. The molecule has 118 valence electrons. The second-order valence-corrected chi connectivity index (χ2v) is 5.33. The van der Waals surface area contributed by atoms with Gasteiger partial charge in [-0.15, -0.1) is 0 Å². The molecule has 2 aromatic heterocycles. The van der Waals surface area contributed by atoms with Crippen molar-refractivity contribution < 1.29 is 0 Å². The lowest BCUT2D eigenvalue weighted by atomic mass is 10.2. The molecule has 22 heavy (non-hydrogen) atoms. The van der Waals surface area contributed by atoms with Gasteiger partial charge in [-0.25, -0.2) is 4.98 Å². The Balaban J connectivity index is 1.67. The molecule has 2 N–H and O–H groups in total. The van der Waals surface area contributed by atoms with Crippen molar-refractivity contribution >= 4 is 17.6 Å². The van der Waals surface area contributed by atoms with Crippen LogP contribution in [-0.2, 0) is 13.0 Å². The molecule has 2 heterocycles. The maximum Gasteiger partial charge on any atom is 0.191 e. The van der Waals surface area contributed by atoms with Gasteiger partial charge in [0.1, 0.15) is 5.15 Å². The van der Waals surface area contributed by atoms with E-state index in [0.717, 1.165) is 37.6 Å². The quantitative estimate of drug-likeness (QED) is 0.482. The zero-order valence-electron chi connectivity index (χ0n) is 12.9. The third-order valence-corrected chi connectivity index (χ3v) is 3.34. The molecule has 0 atom stereocenters. The Morgan fingerprint density at radius 2 is 2.09 bits per heavy atom. The fourth-order valence-electron chi connectivity index (χ4n) is 1.98. The summed E-state index contributed by atoms with van der Waals surface area (Å²) in [5.41, 5.74) is 2.30. The summed E-state index contributed by atoms with van der Waals surface area (Å²) in [6.07, 6.45) is 6.53. The summed E-state index contributed by atoms with van der Waals surface area (Å²) in [4.78, 5) is 8.26. The minimum Gasteiger partial charge on any atom is -0.356 e. The standard InChI is InChI=1S/C15H21ClN6/c1-12-9-21-22(11-12)8-7-19-15(17-2)18-6-5-13-3-4-14(16)20-10-13/h3-4,9-11H,5-8H2,1-2H3,(H2,17,18,19). The molecule has 0 amide bonds. The van der Waals surface area contributed by atoms with Crippen LogP contribution in [0.15, 0.2) is 35.7 Å². The van der Waals surface area contributed by atoms with E-state index in [2.05, 4.69) is 25.7 Å². The smallest absolute Gasteiger partial charge is 0.191 e. The molecule has 0 bridgehead atoms. The van der Waals surface area contributed by atoms with Gasteiger partial charge in [0, 0.05) is 32.5 Å². The number of halogens is 1. The number of nitrogens with one attached hydrogen (secondary N) is 2. The molecular formula is C15H21ClN6. The number of rotatable bonds is 6. The normalized spacial score (nSPS) is 11.5. The van der Waals surface area contributed by atoms with E-state index >= 15 is 0 Å². The Morgan fingerprint density at radius 3 is 2.73 bits per heavy atom. The summed E-state index contributed by atoms with van der Waals surface area (Å²) in [7, 11) is 1.76. The van der Waals surface area contributed by atoms with Crippen LogP contribution in [0, 0.1) is 6.92 Å². The number of aryl methyl sites for hydroxylation is 1. The highest BCUT2D eigenvalue weighted by molar-refractivity contribution is 6.29. The van der Waals surface area contributed by atoms with E-state index in [1.165, 1.54) is 5.56 Å². The first-order valence-electron chi connectivity index (χ1n) is 7.21. The molecule has 0 saturated carbocycles. The Kier molecular flexibility index (Phi) is 6.21. The molecule has 0 saturated heterocycles. The Morgan fingerprint density at radius 1 is 1.27 bits per heavy atom. The van der Waals surface area contributed by atoms with E-state index in [-0.39, 0.29) is 0 Å². The topological polar surface area (TPSA) is 67.1 Å². The van der Waals surface area contributed by atoms with Gasteiger partial charge in [-0.1, -0.05) is 17.7 Å². The zero-order valence-corrected chi connectivity index (χ0v) is 13.6. The highest BCUT2D eigenvalue weighted by Crippen LogP contribution is 2.05. The summed E-state index contributed by atoms with van der Waals surface area (Å²) in [6.45, 7) is 4.38. The number of aromatic nitrogens is 3. The third-order valence-electron chi connectivity index (χ3n) is 3.11. The first-order valence-corrected chi connectivity index (χ1v) is 7.59. The highest BCUT2D eigenvalue weighted by Gasteiger charge is 1.99.